The first-order valence-corrected chi connectivity index (χ1v) is 8.84. The van der Waals surface area contributed by atoms with E-state index in [2.05, 4.69) is 15.9 Å². The van der Waals surface area contributed by atoms with Gasteiger partial charge >= 0.3 is 0 Å². The summed E-state index contributed by atoms with van der Waals surface area (Å²) in [6.07, 6.45) is -0.927. The van der Waals surface area contributed by atoms with Crippen LogP contribution in [0.1, 0.15) is 11.1 Å². The molecule has 1 aliphatic rings. The first-order valence-electron chi connectivity index (χ1n) is 7.23. The molecule has 0 spiro atoms. The Kier molecular flexibility index (Phi) is 4.90. The minimum Gasteiger partial charge on any atom is -0.369 e. The molecule has 118 valence electrons. The van der Waals surface area contributed by atoms with E-state index in [1.807, 2.05) is 61.5 Å². The molecule has 23 heavy (non-hydrogen) atoms. The molecule has 5 heteroatoms. The molecule has 3 rings (SSSR count). The molecule has 2 aromatic carbocycles. The topological polar surface area (TPSA) is 40.5 Å². The zero-order valence-electron chi connectivity index (χ0n) is 12.6. The third-order valence-electron chi connectivity index (χ3n) is 3.64. The number of amides is 1. The van der Waals surface area contributed by atoms with E-state index in [1.54, 1.807) is 0 Å². The van der Waals surface area contributed by atoms with Crippen LogP contribution in [-0.2, 0) is 11.3 Å². The smallest absolute Gasteiger partial charge is 0.264 e. The quantitative estimate of drug-likeness (QED) is 0.856. The summed E-state index contributed by atoms with van der Waals surface area (Å²) >= 11 is 4.76. The van der Waals surface area contributed by atoms with Gasteiger partial charge in [-0.25, -0.2) is 0 Å². The van der Waals surface area contributed by atoms with Gasteiger partial charge in [0.1, 0.15) is 0 Å². The molecule has 1 atom stereocenters. The van der Waals surface area contributed by atoms with Crippen LogP contribution in [0.25, 0.3) is 0 Å². The number of aliphatic hydroxyl groups excluding tert-OH is 1. The Balaban J connectivity index is 1.79. The third kappa shape index (κ3) is 3.52. The SMILES string of the molecule is Cc1ccc(SC2=C(Br)C(=O)N(Cc3ccccc3)C2O)cc1. The fraction of sp³-hybridized carbons (Fsp3) is 0.167. The van der Waals surface area contributed by atoms with Crippen molar-refractivity contribution >= 4 is 33.6 Å². The van der Waals surface area contributed by atoms with Gasteiger partial charge in [0.15, 0.2) is 6.23 Å². The lowest BCUT2D eigenvalue weighted by atomic mass is 10.2. The predicted molar refractivity (Wildman–Crippen MR) is 96.0 cm³/mol. The maximum atomic E-state index is 12.4. The average molecular weight is 390 g/mol. The molecule has 3 nitrogen and oxygen atoms in total. The number of halogens is 1. The number of thioether (sulfide) groups is 1. The maximum absolute atomic E-state index is 12.4. The van der Waals surface area contributed by atoms with Gasteiger partial charge in [0, 0.05) is 11.4 Å². The van der Waals surface area contributed by atoms with Crippen LogP contribution in [0, 0.1) is 6.92 Å². The number of aryl methyl sites for hydroxylation is 1. The molecule has 1 aliphatic heterocycles. The van der Waals surface area contributed by atoms with Crippen molar-refractivity contribution in [1.29, 1.82) is 0 Å². The van der Waals surface area contributed by atoms with Crippen molar-refractivity contribution in [2.45, 2.75) is 24.6 Å². The summed E-state index contributed by atoms with van der Waals surface area (Å²) in [5, 5.41) is 10.6. The van der Waals surface area contributed by atoms with Gasteiger partial charge in [0.2, 0.25) is 0 Å². The predicted octanol–water partition coefficient (Wildman–Crippen LogP) is 4.05. The first-order chi connectivity index (χ1) is 11.1. The summed E-state index contributed by atoms with van der Waals surface area (Å²) in [7, 11) is 0. The molecule has 2 aromatic rings. The van der Waals surface area contributed by atoms with Crippen LogP contribution in [0.2, 0.25) is 0 Å². The lowest BCUT2D eigenvalue weighted by Crippen LogP contribution is -2.34. The molecule has 0 aliphatic carbocycles. The van der Waals surface area contributed by atoms with Crippen molar-refractivity contribution in [2.24, 2.45) is 0 Å². The normalized spacial score (nSPS) is 18.0. The van der Waals surface area contributed by atoms with Crippen molar-refractivity contribution in [3.63, 3.8) is 0 Å². The van der Waals surface area contributed by atoms with Gasteiger partial charge in [-0.2, -0.15) is 0 Å². The van der Waals surface area contributed by atoms with E-state index in [0.717, 1.165) is 10.5 Å². The molecule has 0 bridgehead atoms. The van der Waals surface area contributed by atoms with Crippen molar-refractivity contribution in [2.75, 3.05) is 0 Å². The number of rotatable bonds is 4. The Hall–Kier alpha value is -1.56. The van der Waals surface area contributed by atoms with Gasteiger partial charge in [-0.1, -0.05) is 59.8 Å². The number of carbonyl (C=O) groups excluding carboxylic acids is 1. The number of aliphatic hydroxyl groups is 1. The standard InChI is InChI=1S/C18H16BrNO2S/c1-12-7-9-14(10-8-12)23-16-15(19)17(21)20(18(16)22)11-13-5-3-2-4-6-13/h2-10,18,22H,11H2,1H3. The molecule has 0 aromatic heterocycles. The third-order valence-corrected chi connectivity index (χ3v) is 5.81. The lowest BCUT2D eigenvalue weighted by Gasteiger charge is -2.22. The summed E-state index contributed by atoms with van der Waals surface area (Å²) in [6, 6.07) is 17.7. The Morgan fingerprint density at radius 3 is 2.43 bits per heavy atom. The van der Waals surface area contributed by atoms with Crippen molar-refractivity contribution in [3.05, 3.63) is 75.1 Å². The molecule has 1 amide bonds. The minimum atomic E-state index is -0.927. The van der Waals surface area contributed by atoms with Crippen molar-refractivity contribution in [3.8, 4) is 0 Å². The molecule has 0 fully saturated rings. The highest BCUT2D eigenvalue weighted by molar-refractivity contribution is 9.12. The van der Waals surface area contributed by atoms with Gasteiger partial charge in [-0.05, 0) is 40.5 Å². The lowest BCUT2D eigenvalue weighted by molar-refractivity contribution is -0.131. The van der Waals surface area contributed by atoms with Gasteiger partial charge < -0.3 is 10.0 Å². The summed E-state index contributed by atoms with van der Waals surface area (Å²) in [5.74, 6) is -0.184. The van der Waals surface area contributed by atoms with Crippen LogP contribution in [-0.4, -0.2) is 22.1 Å². The van der Waals surface area contributed by atoms with E-state index < -0.39 is 6.23 Å². The number of hydrogen-bond donors (Lipinski definition) is 1. The second-order valence-electron chi connectivity index (χ2n) is 5.39. The van der Waals surface area contributed by atoms with E-state index in [1.165, 1.54) is 22.2 Å². The van der Waals surface area contributed by atoms with Crippen LogP contribution in [0.4, 0.5) is 0 Å². The monoisotopic (exact) mass is 389 g/mol. The van der Waals surface area contributed by atoms with Gasteiger partial charge in [-0.15, -0.1) is 0 Å². The van der Waals surface area contributed by atoms with Gasteiger partial charge in [-0.3, -0.25) is 4.79 Å². The molecule has 0 radical (unpaired) electrons. The molecule has 1 N–H and O–H groups in total. The first kappa shape index (κ1) is 16.3. The molecular formula is C18H16BrNO2S. The largest absolute Gasteiger partial charge is 0.369 e. The Morgan fingerprint density at radius 1 is 1.13 bits per heavy atom. The van der Waals surface area contributed by atoms with Gasteiger partial charge in [0.05, 0.1) is 9.39 Å². The van der Waals surface area contributed by atoms with E-state index in [9.17, 15) is 9.90 Å². The molecule has 0 saturated heterocycles. The molecule has 1 heterocycles. The minimum absolute atomic E-state index is 0.184. The zero-order chi connectivity index (χ0) is 16.4. The second-order valence-corrected chi connectivity index (χ2v) is 7.29. The van der Waals surface area contributed by atoms with E-state index in [-0.39, 0.29) is 5.91 Å². The highest BCUT2D eigenvalue weighted by atomic mass is 79.9. The highest BCUT2D eigenvalue weighted by Gasteiger charge is 2.37. The molecule has 0 saturated carbocycles. The summed E-state index contributed by atoms with van der Waals surface area (Å²) in [4.78, 5) is 15.5. The fourth-order valence-electron chi connectivity index (χ4n) is 2.37. The van der Waals surface area contributed by atoms with Crippen LogP contribution >= 0.6 is 27.7 Å². The second kappa shape index (κ2) is 6.91. The molecular weight excluding hydrogens is 374 g/mol. The Morgan fingerprint density at radius 2 is 1.78 bits per heavy atom. The summed E-state index contributed by atoms with van der Waals surface area (Å²) in [6.45, 7) is 2.41. The number of benzene rings is 2. The Labute approximate surface area is 148 Å². The Bertz CT molecular complexity index is 743. The van der Waals surface area contributed by atoms with Crippen LogP contribution in [0.3, 0.4) is 0 Å². The number of nitrogens with zero attached hydrogens (tertiary/aromatic N) is 1. The maximum Gasteiger partial charge on any atom is 0.264 e. The molecule has 1 unspecified atom stereocenters. The fourth-order valence-corrected chi connectivity index (χ4v) is 3.98. The summed E-state index contributed by atoms with van der Waals surface area (Å²) < 4.78 is 0.437. The van der Waals surface area contributed by atoms with E-state index >= 15 is 0 Å². The van der Waals surface area contributed by atoms with Crippen molar-refractivity contribution < 1.29 is 9.90 Å². The summed E-state index contributed by atoms with van der Waals surface area (Å²) in [5.41, 5.74) is 2.16. The van der Waals surface area contributed by atoms with E-state index in [4.69, 9.17) is 0 Å². The van der Waals surface area contributed by atoms with Crippen molar-refractivity contribution in [1.82, 2.24) is 4.90 Å². The number of hydrogen-bond acceptors (Lipinski definition) is 3. The van der Waals surface area contributed by atoms with Crippen LogP contribution in [0.5, 0.6) is 0 Å². The van der Waals surface area contributed by atoms with E-state index in [0.29, 0.717) is 15.9 Å². The van der Waals surface area contributed by atoms with Gasteiger partial charge in [0.25, 0.3) is 5.91 Å². The average Bonchev–Trinajstić information content (AvgIpc) is 2.76. The zero-order valence-corrected chi connectivity index (χ0v) is 15.0. The van der Waals surface area contributed by atoms with Crippen LogP contribution in [0.15, 0.2) is 68.9 Å². The number of carbonyl (C=O) groups is 1. The highest BCUT2D eigenvalue weighted by Crippen LogP contribution is 2.40. The van der Waals surface area contributed by atoms with Crippen LogP contribution < -0.4 is 0 Å².